The predicted octanol–water partition coefficient (Wildman–Crippen LogP) is 2.73. The van der Waals surface area contributed by atoms with Crippen LogP contribution in [0.4, 0.5) is 0 Å². The molecule has 0 aliphatic carbocycles. The van der Waals surface area contributed by atoms with Gasteiger partial charge in [0.15, 0.2) is 0 Å². The molecule has 0 bridgehead atoms. The second kappa shape index (κ2) is 7.16. The van der Waals surface area contributed by atoms with Gasteiger partial charge in [0.2, 0.25) is 0 Å². The number of ether oxygens (including phenoxy) is 2. The zero-order chi connectivity index (χ0) is 13.5. The molecule has 18 heavy (non-hydrogen) atoms. The van der Waals surface area contributed by atoms with Crippen molar-refractivity contribution in [1.82, 2.24) is 0 Å². The summed E-state index contributed by atoms with van der Waals surface area (Å²) in [5.41, 5.74) is 1.25. The second-order valence-electron chi connectivity index (χ2n) is 3.57. The van der Waals surface area contributed by atoms with Crippen molar-refractivity contribution in [2.45, 2.75) is 19.8 Å². The number of carbonyl (C=O) groups is 2. The molecule has 0 saturated heterocycles. The maximum absolute atomic E-state index is 11.8. The summed E-state index contributed by atoms with van der Waals surface area (Å²) in [4.78, 5) is 23.0. The molecule has 0 spiro atoms. The van der Waals surface area contributed by atoms with Crippen LogP contribution in [0.5, 0.6) is 0 Å². The molecule has 0 radical (unpaired) electrons. The fourth-order valence-corrected chi connectivity index (χ4v) is 2.12. The average Bonchev–Trinajstić information content (AvgIpc) is 2.36. The van der Waals surface area contributed by atoms with Crippen LogP contribution in [0.1, 0.15) is 29.3 Å². The molecule has 0 amide bonds. The molecule has 0 fully saturated rings. The lowest BCUT2D eigenvalue weighted by molar-refractivity contribution is -0.140. The summed E-state index contributed by atoms with van der Waals surface area (Å²) < 4.78 is 10.3. The quantitative estimate of drug-likeness (QED) is 0.784. The van der Waals surface area contributed by atoms with Crippen LogP contribution in [-0.2, 0) is 20.7 Å². The summed E-state index contributed by atoms with van der Waals surface area (Å²) >= 11 is 3.32. The van der Waals surface area contributed by atoms with E-state index in [0.29, 0.717) is 23.1 Å². The van der Waals surface area contributed by atoms with E-state index < -0.39 is 0 Å². The van der Waals surface area contributed by atoms with Crippen LogP contribution in [0, 0.1) is 0 Å². The first-order chi connectivity index (χ1) is 8.60. The minimum atomic E-state index is -0.384. The van der Waals surface area contributed by atoms with Crippen molar-refractivity contribution in [1.29, 1.82) is 0 Å². The van der Waals surface area contributed by atoms with E-state index in [2.05, 4.69) is 20.7 Å². The Morgan fingerprint density at radius 3 is 2.67 bits per heavy atom. The molecule has 0 aliphatic heterocycles. The zero-order valence-corrected chi connectivity index (χ0v) is 12.0. The maximum atomic E-state index is 11.8. The Morgan fingerprint density at radius 2 is 2.06 bits per heavy atom. The lowest BCUT2D eigenvalue weighted by atomic mass is 10.0. The molecule has 1 aromatic carbocycles. The fraction of sp³-hybridized carbons (Fsp3) is 0.385. The first kappa shape index (κ1) is 14.7. The van der Waals surface area contributed by atoms with Crippen LogP contribution < -0.4 is 0 Å². The summed E-state index contributed by atoms with van der Waals surface area (Å²) in [6.45, 7) is 2.07. The molecule has 0 heterocycles. The molecule has 0 saturated carbocycles. The van der Waals surface area contributed by atoms with E-state index in [9.17, 15) is 9.59 Å². The molecule has 0 unspecified atom stereocenters. The number of rotatable bonds is 5. The molecule has 1 aromatic rings. The Hall–Kier alpha value is -1.36. The van der Waals surface area contributed by atoms with Crippen molar-refractivity contribution < 1.29 is 19.1 Å². The zero-order valence-electron chi connectivity index (χ0n) is 10.4. The van der Waals surface area contributed by atoms with E-state index in [0.717, 1.165) is 5.56 Å². The van der Waals surface area contributed by atoms with Crippen LogP contribution in [0.3, 0.4) is 0 Å². The van der Waals surface area contributed by atoms with Gasteiger partial charge < -0.3 is 9.47 Å². The fourth-order valence-electron chi connectivity index (χ4n) is 1.55. The van der Waals surface area contributed by atoms with E-state index in [4.69, 9.17) is 4.74 Å². The third-order valence-corrected chi connectivity index (χ3v) is 3.07. The number of methoxy groups -OCH3 is 1. The number of aryl methyl sites for hydroxylation is 1. The van der Waals surface area contributed by atoms with E-state index in [1.54, 1.807) is 19.1 Å². The third kappa shape index (κ3) is 3.84. The van der Waals surface area contributed by atoms with E-state index in [1.165, 1.54) is 7.11 Å². The molecular weight excluding hydrogens is 300 g/mol. The molecule has 0 atom stereocenters. The Kier molecular flexibility index (Phi) is 5.85. The van der Waals surface area contributed by atoms with Gasteiger partial charge in [-0.25, -0.2) is 4.79 Å². The minimum Gasteiger partial charge on any atom is -0.469 e. The standard InChI is InChI=1S/C13H15BrO4/c1-3-18-13(16)12-9(5-4-6-10(12)14)7-8-11(15)17-2/h4-6H,3,7-8H2,1-2H3. The van der Waals surface area contributed by atoms with Gasteiger partial charge in [-0.1, -0.05) is 12.1 Å². The highest BCUT2D eigenvalue weighted by atomic mass is 79.9. The minimum absolute atomic E-state index is 0.235. The summed E-state index contributed by atoms with van der Waals surface area (Å²) in [6, 6.07) is 5.40. The molecule has 0 N–H and O–H groups in total. The average molecular weight is 315 g/mol. The van der Waals surface area contributed by atoms with Gasteiger partial charge in [0.1, 0.15) is 0 Å². The molecule has 98 valence electrons. The largest absolute Gasteiger partial charge is 0.469 e. The molecule has 4 nitrogen and oxygen atoms in total. The first-order valence-electron chi connectivity index (χ1n) is 5.61. The SMILES string of the molecule is CCOC(=O)c1c(Br)cccc1CCC(=O)OC. The smallest absolute Gasteiger partial charge is 0.339 e. The van der Waals surface area contributed by atoms with Crippen molar-refractivity contribution in [2.24, 2.45) is 0 Å². The lowest BCUT2D eigenvalue weighted by Gasteiger charge is -2.10. The van der Waals surface area contributed by atoms with Crippen LogP contribution in [0.2, 0.25) is 0 Å². The summed E-state index contributed by atoms with van der Waals surface area (Å²) in [5.74, 6) is -0.686. The highest BCUT2D eigenvalue weighted by Crippen LogP contribution is 2.23. The molecule has 1 rings (SSSR count). The second-order valence-corrected chi connectivity index (χ2v) is 4.42. The number of esters is 2. The van der Waals surface area contributed by atoms with Crippen LogP contribution in [-0.4, -0.2) is 25.7 Å². The Balaban J connectivity index is 2.93. The van der Waals surface area contributed by atoms with E-state index in [-0.39, 0.29) is 18.4 Å². The number of halogens is 1. The third-order valence-electron chi connectivity index (χ3n) is 2.41. The molecular formula is C13H15BrO4. The van der Waals surface area contributed by atoms with Gasteiger partial charge in [-0.15, -0.1) is 0 Å². The molecule has 0 aliphatic rings. The van der Waals surface area contributed by atoms with Gasteiger partial charge in [-0.05, 0) is 40.9 Å². The lowest BCUT2D eigenvalue weighted by Crippen LogP contribution is -2.11. The van der Waals surface area contributed by atoms with Gasteiger partial charge >= 0.3 is 11.9 Å². The van der Waals surface area contributed by atoms with Gasteiger partial charge in [0.05, 0.1) is 19.3 Å². The number of carbonyl (C=O) groups excluding carboxylic acids is 2. The Labute approximate surface area is 114 Å². The van der Waals surface area contributed by atoms with Crippen molar-refractivity contribution >= 4 is 27.9 Å². The van der Waals surface area contributed by atoms with Gasteiger partial charge in [-0.3, -0.25) is 4.79 Å². The van der Waals surface area contributed by atoms with Gasteiger partial charge in [-0.2, -0.15) is 0 Å². The molecule has 0 aromatic heterocycles. The maximum Gasteiger partial charge on any atom is 0.339 e. The number of benzene rings is 1. The number of hydrogen-bond acceptors (Lipinski definition) is 4. The topological polar surface area (TPSA) is 52.6 Å². The van der Waals surface area contributed by atoms with Gasteiger partial charge in [0, 0.05) is 10.9 Å². The predicted molar refractivity (Wildman–Crippen MR) is 70.4 cm³/mol. The molecule has 5 heteroatoms. The first-order valence-corrected chi connectivity index (χ1v) is 6.40. The monoisotopic (exact) mass is 314 g/mol. The van der Waals surface area contributed by atoms with E-state index in [1.807, 2.05) is 6.07 Å². The highest BCUT2D eigenvalue weighted by molar-refractivity contribution is 9.10. The highest BCUT2D eigenvalue weighted by Gasteiger charge is 2.16. The van der Waals surface area contributed by atoms with Crippen LogP contribution in [0.25, 0.3) is 0 Å². The van der Waals surface area contributed by atoms with Crippen LogP contribution in [0.15, 0.2) is 22.7 Å². The number of hydrogen-bond donors (Lipinski definition) is 0. The normalized spacial score (nSPS) is 9.94. The van der Waals surface area contributed by atoms with E-state index >= 15 is 0 Å². The summed E-state index contributed by atoms with van der Waals surface area (Å²) in [5, 5.41) is 0. The Bertz CT molecular complexity index is 443. The summed E-state index contributed by atoms with van der Waals surface area (Å²) in [6.07, 6.45) is 0.680. The van der Waals surface area contributed by atoms with Gasteiger partial charge in [0.25, 0.3) is 0 Å². The Morgan fingerprint density at radius 1 is 1.33 bits per heavy atom. The van der Waals surface area contributed by atoms with Crippen molar-refractivity contribution in [2.75, 3.05) is 13.7 Å². The summed E-state index contributed by atoms with van der Waals surface area (Å²) in [7, 11) is 1.34. The van der Waals surface area contributed by atoms with Crippen molar-refractivity contribution in [3.05, 3.63) is 33.8 Å². The van der Waals surface area contributed by atoms with Crippen molar-refractivity contribution in [3.63, 3.8) is 0 Å². The van der Waals surface area contributed by atoms with Crippen LogP contribution >= 0.6 is 15.9 Å². The van der Waals surface area contributed by atoms with Crippen molar-refractivity contribution in [3.8, 4) is 0 Å².